The van der Waals surface area contributed by atoms with Gasteiger partial charge in [-0.1, -0.05) is 0 Å². The summed E-state index contributed by atoms with van der Waals surface area (Å²) < 4.78 is 0. The maximum Gasteiger partial charge on any atom is 0.0895 e. The van der Waals surface area contributed by atoms with Crippen LogP contribution < -0.4 is 5.32 Å². The first kappa shape index (κ1) is 10.6. The number of aryl methyl sites for hydroxylation is 1. The lowest BCUT2D eigenvalue weighted by Gasteiger charge is -2.07. The molecule has 0 spiro atoms. The van der Waals surface area contributed by atoms with E-state index in [0.29, 0.717) is 13.1 Å². The summed E-state index contributed by atoms with van der Waals surface area (Å²) in [6, 6.07) is 0. The van der Waals surface area contributed by atoms with E-state index in [9.17, 15) is 0 Å². The number of hydrogen-bond donors (Lipinski definition) is 3. The van der Waals surface area contributed by atoms with Gasteiger partial charge in [-0.2, -0.15) is 0 Å². The molecule has 0 fully saturated rings. The van der Waals surface area contributed by atoms with Crippen LogP contribution in [0, 0.1) is 6.92 Å². The van der Waals surface area contributed by atoms with Crippen LogP contribution in [0.15, 0.2) is 5.51 Å². The molecule has 0 aliphatic carbocycles. The van der Waals surface area contributed by atoms with Crippen molar-refractivity contribution in [2.75, 3.05) is 13.2 Å². The predicted octanol–water partition coefficient (Wildman–Crippen LogP) is -0.106. The van der Waals surface area contributed by atoms with Gasteiger partial charge in [0.25, 0.3) is 0 Å². The summed E-state index contributed by atoms with van der Waals surface area (Å²) in [7, 11) is 0. The van der Waals surface area contributed by atoms with E-state index in [4.69, 9.17) is 10.2 Å². The van der Waals surface area contributed by atoms with Crippen LogP contribution >= 0.6 is 11.3 Å². The van der Waals surface area contributed by atoms with Gasteiger partial charge >= 0.3 is 0 Å². The van der Waals surface area contributed by atoms with Gasteiger partial charge in [-0.05, 0) is 6.92 Å². The topological polar surface area (TPSA) is 65.4 Å². The summed E-state index contributed by atoms with van der Waals surface area (Å²) in [4.78, 5) is 5.27. The molecule has 3 N–H and O–H groups in total. The zero-order chi connectivity index (χ0) is 9.68. The molecule has 13 heavy (non-hydrogen) atoms. The molecule has 0 aromatic carbocycles. The number of aliphatic hydroxyl groups excluding tert-OH is 2. The van der Waals surface area contributed by atoms with E-state index in [0.717, 1.165) is 5.69 Å². The first-order valence-corrected chi connectivity index (χ1v) is 5.00. The predicted molar refractivity (Wildman–Crippen MR) is 51.7 cm³/mol. The molecule has 5 heteroatoms. The molecule has 74 valence electrons. The van der Waals surface area contributed by atoms with Crippen molar-refractivity contribution in [3.8, 4) is 0 Å². The molecule has 0 aliphatic rings. The Hall–Kier alpha value is -0.490. The van der Waals surface area contributed by atoms with Crippen molar-refractivity contribution in [3.05, 3.63) is 16.1 Å². The summed E-state index contributed by atoms with van der Waals surface area (Å²) in [6.45, 7) is 2.87. The zero-order valence-electron chi connectivity index (χ0n) is 7.53. The second-order valence-corrected chi connectivity index (χ2v) is 3.77. The highest BCUT2D eigenvalue weighted by molar-refractivity contribution is 7.09. The van der Waals surface area contributed by atoms with Gasteiger partial charge in [0.15, 0.2) is 0 Å². The minimum atomic E-state index is -0.673. The molecule has 1 aromatic heterocycles. The zero-order valence-corrected chi connectivity index (χ0v) is 8.34. The molecule has 1 heterocycles. The fourth-order valence-electron chi connectivity index (χ4n) is 0.913. The van der Waals surface area contributed by atoms with Gasteiger partial charge in [-0.3, -0.25) is 0 Å². The van der Waals surface area contributed by atoms with E-state index >= 15 is 0 Å². The van der Waals surface area contributed by atoms with Crippen LogP contribution in [0.4, 0.5) is 0 Å². The first-order chi connectivity index (χ1) is 6.24. The van der Waals surface area contributed by atoms with E-state index < -0.39 is 6.10 Å². The van der Waals surface area contributed by atoms with Gasteiger partial charge in [0, 0.05) is 18.0 Å². The van der Waals surface area contributed by atoms with Crippen molar-refractivity contribution in [2.45, 2.75) is 19.6 Å². The van der Waals surface area contributed by atoms with E-state index in [2.05, 4.69) is 10.3 Å². The average Bonchev–Trinajstić information content (AvgIpc) is 2.52. The summed E-state index contributed by atoms with van der Waals surface area (Å²) in [6.07, 6.45) is -0.673. The Bertz CT molecular complexity index is 252. The maximum atomic E-state index is 9.03. The van der Waals surface area contributed by atoms with Crippen LogP contribution in [0.5, 0.6) is 0 Å². The van der Waals surface area contributed by atoms with Gasteiger partial charge < -0.3 is 15.5 Å². The van der Waals surface area contributed by atoms with Crippen molar-refractivity contribution >= 4 is 11.3 Å². The largest absolute Gasteiger partial charge is 0.394 e. The third kappa shape index (κ3) is 3.40. The van der Waals surface area contributed by atoms with Crippen LogP contribution in [-0.4, -0.2) is 34.5 Å². The summed E-state index contributed by atoms with van der Waals surface area (Å²) >= 11 is 1.59. The molecule has 4 nitrogen and oxygen atoms in total. The Morgan fingerprint density at radius 1 is 1.69 bits per heavy atom. The highest BCUT2D eigenvalue weighted by Crippen LogP contribution is 2.10. The molecule has 0 radical (unpaired) electrons. The number of rotatable bonds is 5. The minimum Gasteiger partial charge on any atom is -0.394 e. The number of nitrogens with one attached hydrogen (secondary N) is 1. The van der Waals surface area contributed by atoms with E-state index in [1.807, 2.05) is 6.92 Å². The SMILES string of the molecule is Cc1ncsc1CNCC(O)CO. The minimum absolute atomic E-state index is 0.200. The number of thiazole rings is 1. The lowest BCUT2D eigenvalue weighted by Crippen LogP contribution is -2.28. The van der Waals surface area contributed by atoms with Crippen LogP contribution in [-0.2, 0) is 6.54 Å². The lowest BCUT2D eigenvalue weighted by atomic mass is 10.3. The van der Waals surface area contributed by atoms with Gasteiger partial charge in [0.2, 0.25) is 0 Å². The number of nitrogens with zero attached hydrogens (tertiary/aromatic N) is 1. The fraction of sp³-hybridized carbons (Fsp3) is 0.625. The second-order valence-electron chi connectivity index (χ2n) is 2.83. The van der Waals surface area contributed by atoms with Crippen molar-refractivity contribution in [3.63, 3.8) is 0 Å². The average molecular weight is 202 g/mol. The highest BCUT2D eigenvalue weighted by atomic mass is 32.1. The van der Waals surface area contributed by atoms with Gasteiger partial charge in [-0.25, -0.2) is 4.98 Å². The normalized spacial score (nSPS) is 13.2. The molecule has 1 unspecified atom stereocenters. The van der Waals surface area contributed by atoms with Crippen molar-refractivity contribution in [2.24, 2.45) is 0 Å². The number of aromatic nitrogens is 1. The second kappa shape index (κ2) is 5.29. The molecule has 1 atom stereocenters. The first-order valence-electron chi connectivity index (χ1n) is 4.12. The van der Waals surface area contributed by atoms with Gasteiger partial charge in [0.1, 0.15) is 0 Å². The van der Waals surface area contributed by atoms with Crippen LogP contribution in [0.1, 0.15) is 10.6 Å². The van der Waals surface area contributed by atoms with Gasteiger partial charge in [0.05, 0.1) is 23.9 Å². The summed E-state index contributed by atoms with van der Waals surface area (Å²) in [5.41, 5.74) is 2.82. The Balaban J connectivity index is 2.24. The third-order valence-electron chi connectivity index (χ3n) is 1.72. The smallest absolute Gasteiger partial charge is 0.0895 e. The third-order valence-corrected chi connectivity index (χ3v) is 2.66. The standard InChI is InChI=1S/C8H14N2O2S/c1-6-8(13-5-10-6)3-9-2-7(12)4-11/h5,7,9,11-12H,2-4H2,1H3. The molecular formula is C8H14N2O2S. The molecule has 0 bridgehead atoms. The monoisotopic (exact) mass is 202 g/mol. The van der Waals surface area contributed by atoms with Crippen LogP contribution in [0.3, 0.4) is 0 Å². The van der Waals surface area contributed by atoms with Gasteiger partial charge in [-0.15, -0.1) is 11.3 Å². The Morgan fingerprint density at radius 3 is 3.00 bits per heavy atom. The maximum absolute atomic E-state index is 9.03. The van der Waals surface area contributed by atoms with E-state index in [-0.39, 0.29) is 6.61 Å². The molecule has 0 saturated heterocycles. The van der Waals surface area contributed by atoms with Crippen LogP contribution in [0.2, 0.25) is 0 Å². The molecule has 0 saturated carbocycles. The molecule has 1 rings (SSSR count). The number of hydrogen-bond acceptors (Lipinski definition) is 5. The molecule has 1 aromatic rings. The quantitative estimate of drug-likeness (QED) is 0.623. The molecule has 0 amide bonds. The lowest BCUT2D eigenvalue weighted by molar-refractivity contribution is 0.0943. The summed E-state index contributed by atoms with van der Waals surface area (Å²) in [5, 5.41) is 20.6. The van der Waals surface area contributed by atoms with Crippen molar-refractivity contribution in [1.82, 2.24) is 10.3 Å². The Kier molecular flexibility index (Phi) is 4.31. The van der Waals surface area contributed by atoms with Crippen LogP contribution in [0.25, 0.3) is 0 Å². The van der Waals surface area contributed by atoms with E-state index in [1.165, 1.54) is 4.88 Å². The number of aliphatic hydroxyl groups is 2. The highest BCUT2D eigenvalue weighted by Gasteiger charge is 2.03. The Morgan fingerprint density at radius 2 is 2.46 bits per heavy atom. The molecular weight excluding hydrogens is 188 g/mol. The van der Waals surface area contributed by atoms with Crippen molar-refractivity contribution in [1.29, 1.82) is 0 Å². The molecule has 0 aliphatic heterocycles. The Labute approximate surface area is 81.3 Å². The van der Waals surface area contributed by atoms with E-state index in [1.54, 1.807) is 16.8 Å². The fourth-order valence-corrected chi connectivity index (χ4v) is 1.66. The summed E-state index contributed by atoms with van der Waals surface area (Å²) in [5.74, 6) is 0. The van der Waals surface area contributed by atoms with Crippen molar-refractivity contribution < 1.29 is 10.2 Å².